The molecular formula is C12H15N5O5S. The summed E-state index contributed by atoms with van der Waals surface area (Å²) >= 11 is 0. The molecule has 0 unspecified atom stereocenters. The van der Waals surface area contributed by atoms with Gasteiger partial charge in [-0.1, -0.05) is 0 Å². The maximum atomic E-state index is 11.6. The van der Waals surface area contributed by atoms with E-state index in [1.165, 1.54) is 12.1 Å². The van der Waals surface area contributed by atoms with Gasteiger partial charge in [0, 0.05) is 31.0 Å². The van der Waals surface area contributed by atoms with Gasteiger partial charge in [0.15, 0.2) is 9.84 Å². The fourth-order valence-corrected chi connectivity index (χ4v) is 2.85. The van der Waals surface area contributed by atoms with E-state index in [0.29, 0.717) is 30.9 Å². The number of hydrogen-bond acceptors (Lipinski definition) is 7. The Labute approximate surface area is 131 Å². The molecule has 0 saturated carbocycles. The number of anilines is 1. The minimum atomic E-state index is -3.71. The Balaban J connectivity index is 2.03. The lowest BCUT2D eigenvalue weighted by Crippen LogP contribution is -2.07. The van der Waals surface area contributed by atoms with Crippen molar-refractivity contribution < 1.29 is 13.3 Å². The fraction of sp³-hybridized carbons (Fsp3) is 0.333. The van der Waals surface area contributed by atoms with Crippen LogP contribution in [-0.4, -0.2) is 41.3 Å². The molecule has 0 atom stereocenters. The predicted octanol–water partition coefficient (Wildman–Crippen LogP) is 0.454. The van der Waals surface area contributed by atoms with Crippen LogP contribution in [0.2, 0.25) is 0 Å². The van der Waals surface area contributed by atoms with Crippen molar-refractivity contribution in [3.05, 3.63) is 44.6 Å². The molecule has 0 saturated heterocycles. The van der Waals surface area contributed by atoms with E-state index in [-0.39, 0.29) is 10.6 Å². The Hall–Kier alpha value is -2.69. The van der Waals surface area contributed by atoms with Gasteiger partial charge in [-0.3, -0.25) is 15.1 Å². The van der Waals surface area contributed by atoms with Gasteiger partial charge in [0.2, 0.25) is 0 Å². The average molecular weight is 341 g/mol. The number of nitro benzene ring substituents is 1. The first-order valence-corrected chi connectivity index (χ1v) is 8.52. The first kappa shape index (κ1) is 16.7. The summed E-state index contributed by atoms with van der Waals surface area (Å²) in [5.41, 5.74) is -0.361. The molecule has 1 aromatic carbocycles. The normalized spacial score (nSPS) is 11.3. The third kappa shape index (κ3) is 4.39. The third-order valence-electron chi connectivity index (χ3n) is 3.03. The van der Waals surface area contributed by atoms with Crippen LogP contribution < -0.4 is 11.0 Å². The Morgan fingerprint density at radius 1 is 1.39 bits per heavy atom. The van der Waals surface area contributed by atoms with Crippen LogP contribution >= 0.6 is 0 Å². The Kier molecular flexibility index (Phi) is 4.79. The van der Waals surface area contributed by atoms with Crippen LogP contribution in [-0.2, 0) is 16.3 Å². The SMILES string of the molecule is CS(=O)(=O)c1cc(NCCCc2n[nH]c(=O)[nH]2)ccc1[N+](=O)[O-]. The van der Waals surface area contributed by atoms with Gasteiger partial charge in [-0.05, 0) is 18.6 Å². The van der Waals surface area contributed by atoms with Crippen molar-refractivity contribution in [2.24, 2.45) is 0 Å². The Morgan fingerprint density at radius 2 is 2.13 bits per heavy atom. The minimum Gasteiger partial charge on any atom is -0.385 e. The minimum absolute atomic E-state index is 0.330. The summed E-state index contributed by atoms with van der Waals surface area (Å²) in [6.07, 6.45) is 2.08. The molecule has 0 bridgehead atoms. The van der Waals surface area contributed by atoms with E-state index in [4.69, 9.17) is 0 Å². The van der Waals surface area contributed by atoms with Crippen molar-refractivity contribution in [1.29, 1.82) is 0 Å². The van der Waals surface area contributed by atoms with Crippen molar-refractivity contribution >= 4 is 21.2 Å². The van der Waals surface area contributed by atoms with E-state index >= 15 is 0 Å². The lowest BCUT2D eigenvalue weighted by Gasteiger charge is -2.08. The molecule has 10 nitrogen and oxygen atoms in total. The number of nitrogens with one attached hydrogen (secondary N) is 3. The second kappa shape index (κ2) is 6.60. The maximum absolute atomic E-state index is 11.6. The van der Waals surface area contributed by atoms with Gasteiger partial charge in [0.05, 0.1) is 4.92 Å². The second-order valence-electron chi connectivity index (χ2n) is 4.87. The lowest BCUT2D eigenvalue weighted by molar-refractivity contribution is -0.387. The van der Waals surface area contributed by atoms with Crippen LogP contribution in [0.25, 0.3) is 0 Å². The number of hydrogen-bond donors (Lipinski definition) is 3. The first-order valence-electron chi connectivity index (χ1n) is 6.63. The monoisotopic (exact) mass is 341 g/mol. The summed E-state index contributed by atoms with van der Waals surface area (Å²) in [6, 6.07) is 3.84. The molecule has 11 heteroatoms. The van der Waals surface area contributed by atoms with Crippen molar-refractivity contribution in [3.63, 3.8) is 0 Å². The molecule has 1 heterocycles. The van der Waals surface area contributed by atoms with Gasteiger partial charge in [-0.2, -0.15) is 5.10 Å². The summed E-state index contributed by atoms with van der Waals surface area (Å²) in [4.78, 5) is 23.2. The highest BCUT2D eigenvalue weighted by atomic mass is 32.2. The van der Waals surface area contributed by atoms with Crippen LogP contribution in [0.3, 0.4) is 0 Å². The van der Waals surface area contributed by atoms with Gasteiger partial charge in [-0.25, -0.2) is 18.3 Å². The molecule has 0 aliphatic heterocycles. The zero-order valence-electron chi connectivity index (χ0n) is 12.2. The largest absolute Gasteiger partial charge is 0.385 e. The number of nitrogens with zero attached hydrogens (tertiary/aromatic N) is 2. The molecule has 0 amide bonds. The second-order valence-corrected chi connectivity index (χ2v) is 6.85. The summed E-state index contributed by atoms with van der Waals surface area (Å²) < 4.78 is 23.3. The summed E-state index contributed by atoms with van der Waals surface area (Å²) in [5, 5.41) is 19.9. The molecule has 2 aromatic rings. The van der Waals surface area contributed by atoms with Gasteiger partial charge in [-0.15, -0.1) is 0 Å². The van der Waals surface area contributed by atoms with E-state index in [0.717, 1.165) is 12.3 Å². The zero-order valence-corrected chi connectivity index (χ0v) is 13.0. The molecule has 0 fully saturated rings. The van der Waals surface area contributed by atoms with E-state index in [9.17, 15) is 23.3 Å². The number of aromatic nitrogens is 3. The topological polar surface area (TPSA) is 151 Å². The number of aromatic amines is 2. The molecule has 1 aromatic heterocycles. The zero-order chi connectivity index (χ0) is 17.0. The highest BCUT2D eigenvalue weighted by molar-refractivity contribution is 7.90. The standard InChI is InChI=1S/C12H15N5O5S/c1-23(21,22)10-7-8(4-5-9(10)17(19)20)13-6-2-3-11-14-12(18)16-15-11/h4-5,7,13H,2-3,6H2,1H3,(H2,14,15,16,18). The van der Waals surface area contributed by atoms with E-state index < -0.39 is 20.4 Å². The smallest absolute Gasteiger partial charge is 0.340 e. The van der Waals surface area contributed by atoms with Crippen LogP contribution in [0.1, 0.15) is 12.2 Å². The number of nitro groups is 1. The Morgan fingerprint density at radius 3 is 2.70 bits per heavy atom. The highest BCUT2D eigenvalue weighted by Crippen LogP contribution is 2.26. The van der Waals surface area contributed by atoms with Crippen LogP contribution in [0.15, 0.2) is 27.9 Å². The third-order valence-corrected chi connectivity index (χ3v) is 4.15. The van der Waals surface area contributed by atoms with Gasteiger partial charge >= 0.3 is 5.69 Å². The number of sulfone groups is 1. The summed E-state index contributed by atoms with van der Waals surface area (Å²) in [5.74, 6) is 0.525. The van der Waals surface area contributed by atoms with E-state index in [2.05, 4.69) is 20.5 Å². The van der Waals surface area contributed by atoms with Crippen LogP contribution in [0.5, 0.6) is 0 Å². The quantitative estimate of drug-likeness (QED) is 0.376. The molecular weight excluding hydrogens is 326 g/mol. The van der Waals surface area contributed by atoms with Gasteiger partial charge < -0.3 is 5.32 Å². The number of aryl methyl sites for hydroxylation is 1. The summed E-state index contributed by atoms with van der Waals surface area (Å²) in [7, 11) is -3.71. The van der Waals surface area contributed by atoms with Crippen LogP contribution in [0.4, 0.5) is 11.4 Å². The fourth-order valence-electron chi connectivity index (χ4n) is 1.98. The van der Waals surface area contributed by atoms with Gasteiger partial charge in [0.1, 0.15) is 10.7 Å². The van der Waals surface area contributed by atoms with Crippen molar-refractivity contribution in [2.45, 2.75) is 17.7 Å². The molecule has 0 radical (unpaired) electrons. The molecule has 0 aliphatic rings. The first-order chi connectivity index (χ1) is 10.8. The summed E-state index contributed by atoms with van der Waals surface area (Å²) in [6.45, 7) is 0.482. The lowest BCUT2D eigenvalue weighted by atomic mass is 10.2. The van der Waals surface area contributed by atoms with E-state index in [1.54, 1.807) is 0 Å². The highest BCUT2D eigenvalue weighted by Gasteiger charge is 2.22. The average Bonchev–Trinajstić information content (AvgIpc) is 2.88. The van der Waals surface area contributed by atoms with Gasteiger partial charge in [0.25, 0.3) is 5.69 Å². The van der Waals surface area contributed by atoms with Crippen molar-refractivity contribution in [1.82, 2.24) is 15.2 Å². The predicted molar refractivity (Wildman–Crippen MR) is 82.2 cm³/mol. The number of rotatable bonds is 7. The number of benzene rings is 1. The Bertz CT molecular complexity index is 870. The van der Waals surface area contributed by atoms with Crippen molar-refractivity contribution in [2.75, 3.05) is 18.1 Å². The molecule has 124 valence electrons. The van der Waals surface area contributed by atoms with Crippen molar-refractivity contribution in [3.8, 4) is 0 Å². The number of H-pyrrole nitrogens is 2. The molecule has 3 N–H and O–H groups in total. The molecule has 0 aliphatic carbocycles. The van der Waals surface area contributed by atoms with E-state index in [1.807, 2.05) is 0 Å². The molecule has 0 spiro atoms. The van der Waals surface area contributed by atoms with Crippen LogP contribution in [0, 0.1) is 10.1 Å². The molecule has 23 heavy (non-hydrogen) atoms. The molecule has 2 rings (SSSR count). The maximum Gasteiger partial charge on any atom is 0.340 e.